The van der Waals surface area contributed by atoms with Gasteiger partial charge in [-0.3, -0.25) is 0 Å². The molecule has 2 heteroatoms. The number of hydrogen-bond acceptors (Lipinski definition) is 1. The molecule has 0 N–H and O–H groups in total. The summed E-state index contributed by atoms with van der Waals surface area (Å²) in [7, 11) is 0. The topological polar surface area (TPSA) is 8.17 Å². The van der Waals surface area contributed by atoms with E-state index in [1.165, 1.54) is 61.2 Å². The van der Waals surface area contributed by atoms with Gasteiger partial charge in [-0.1, -0.05) is 91.0 Å². The zero-order valence-electron chi connectivity index (χ0n) is 20.5. The molecule has 1 unspecified atom stereocenters. The molecule has 5 aromatic rings. The fraction of sp³-hybridized carbons (Fsp3) is 0.0857. The normalized spacial score (nSPS) is 18.1. The Hall–Kier alpha value is -4.56. The number of allylic oxidation sites excluding steroid dienone is 6. The molecule has 0 amide bonds. The van der Waals surface area contributed by atoms with Crippen LogP contribution in [-0.2, 0) is 0 Å². The first-order valence-corrected chi connectivity index (χ1v) is 13.1. The second kappa shape index (κ2) is 7.97. The van der Waals surface area contributed by atoms with Crippen LogP contribution in [0.15, 0.2) is 127 Å². The molecule has 1 aliphatic heterocycles. The maximum atomic E-state index is 2.49. The van der Waals surface area contributed by atoms with Crippen LogP contribution in [0.1, 0.15) is 24.0 Å². The largest absolute Gasteiger partial charge is 0.330 e. The quantitative estimate of drug-likeness (QED) is 0.253. The van der Waals surface area contributed by atoms with Crippen molar-refractivity contribution in [2.75, 3.05) is 4.90 Å². The Kier molecular flexibility index (Phi) is 4.44. The fourth-order valence-corrected chi connectivity index (χ4v) is 6.44. The van der Waals surface area contributed by atoms with Crippen molar-refractivity contribution in [3.63, 3.8) is 0 Å². The van der Waals surface area contributed by atoms with E-state index in [-0.39, 0.29) is 6.04 Å². The van der Waals surface area contributed by atoms with E-state index in [2.05, 4.69) is 137 Å². The van der Waals surface area contributed by atoms with E-state index in [0.717, 1.165) is 12.8 Å². The van der Waals surface area contributed by atoms with Crippen molar-refractivity contribution in [3.8, 4) is 0 Å². The molecule has 0 saturated heterocycles. The Bertz CT molecular complexity index is 1790. The number of para-hydroxylation sites is 3. The van der Waals surface area contributed by atoms with Gasteiger partial charge >= 0.3 is 0 Å². The number of anilines is 2. The summed E-state index contributed by atoms with van der Waals surface area (Å²) < 4.78 is 2.44. The molecule has 0 spiro atoms. The standard InChI is InChI=1S/C35H26N2/c1-4-18-32-28(14-1)29-15-2-5-19-33(29)36(32)26-12-7-10-24(22-26)25-11-8-13-27(23-25)37-34-20-6-3-16-30(34)31-17-9-21-35(31)37/h1-6,8-9,11-23,35H,7,10H2. The predicted molar refractivity (Wildman–Crippen MR) is 157 cm³/mol. The van der Waals surface area contributed by atoms with Crippen LogP contribution < -0.4 is 4.90 Å². The molecule has 37 heavy (non-hydrogen) atoms. The number of rotatable bonds is 3. The van der Waals surface area contributed by atoms with E-state index in [9.17, 15) is 0 Å². The third kappa shape index (κ3) is 3.06. The summed E-state index contributed by atoms with van der Waals surface area (Å²) in [5.41, 5.74) is 11.8. The van der Waals surface area contributed by atoms with Crippen molar-refractivity contribution >= 4 is 50.0 Å². The maximum Gasteiger partial charge on any atom is 0.0785 e. The molecule has 0 radical (unpaired) electrons. The van der Waals surface area contributed by atoms with Gasteiger partial charge in [0.25, 0.3) is 0 Å². The first-order chi connectivity index (χ1) is 18.4. The third-order valence-electron chi connectivity index (χ3n) is 8.06. The van der Waals surface area contributed by atoms with Gasteiger partial charge in [-0.2, -0.15) is 0 Å². The molecule has 0 fully saturated rings. The number of aromatic nitrogens is 1. The van der Waals surface area contributed by atoms with E-state index < -0.39 is 0 Å². The van der Waals surface area contributed by atoms with Crippen LogP contribution in [0, 0.1) is 0 Å². The Morgan fingerprint density at radius 2 is 1.49 bits per heavy atom. The van der Waals surface area contributed by atoms with Crippen LogP contribution in [0.2, 0.25) is 0 Å². The van der Waals surface area contributed by atoms with Crippen LogP contribution in [0.3, 0.4) is 0 Å². The van der Waals surface area contributed by atoms with Crippen molar-refractivity contribution in [2.45, 2.75) is 18.9 Å². The molecule has 3 aliphatic rings. The van der Waals surface area contributed by atoms with E-state index in [4.69, 9.17) is 0 Å². The van der Waals surface area contributed by atoms with E-state index in [1.54, 1.807) is 0 Å². The van der Waals surface area contributed by atoms with Crippen molar-refractivity contribution in [1.82, 2.24) is 4.57 Å². The smallest absolute Gasteiger partial charge is 0.0785 e. The molecule has 2 aliphatic carbocycles. The maximum absolute atomic E-state index is 2.49. The molecule has 0 saturated carbocycles. The summed E-state index contributed by atoms with van der Waals surface area (Å²) in [6.45, 7) is 0. The minimum atomic E-state index is 0.279. The highest BCUT2D eigenvalue weighted by molar-refractivity contribution is 6.10. The lowest BCUT2D eigenvalue weighted by Crippen LogP contribution is -2.23. The first kappa shape index (κ1) is 20.6. The fourth-order valence-electron chi connectivity index (χ4n) is 6.44. The van der Waals surface area contributed by atoms with E-state index in [0.29, 0.717) is 0 Å². The average molecular weight is 475 g/mol. The number of hydrogen-bond donors (Lipinski definition) is 0. The Balaban J connectivity index is 1.23. The predicted octanol–water partition coefficient (Wildman–Crippen LogP) is 8.99. The average Bonchev–Trinajstić information content (AvgIpc) is 3.64. The van der Waals surface area contributed by atoms with Gasteiger partial charge < -0.3 is 9.47 Å². The summed E-state index contributed by atoms with van der Waals surface area (Å²) in [5.74, 6) is 0. The molecular formula is C35H26N2. The summed E-state index contributed by atoms with van der Waals surface area (Å²) in [4.78, 5) is 2.49. The lowest BCUT2D eigenvalue weighted by Gasteiger charge is -2.26. The van der Waals surface area contributed by atoms with Crippen molar-refractivity contribution in [1.29, 1.82) is 0 Å². The van der Waals surface area contributed by atoms with Gasteiger partial charge in [0.15, 0.2) is 0 Å². The summed E-state index contributed by atoms with van der Waals surface area (Å²) in [6, 6.07) is 35.7. The molecule has 1 aromatic heterocycles. The van der Waals surface area contributed by atoms with Gasteiger partial charge in [0.05, 0.1) is 17.1 Å². The highest BCUT2D eigenvalue weighted by Crippen LogP contribution is 2.47. The number of nitrogens with zero attached hydrogens (tertiary/aromatic N) is 2. The van der Waals surface area contributed by atoms with Gasteiger partial charge in [-0.25, -0.2) is 0 Å². The lowest BCUT2D eigenvalue weighted by atomic mass is 9.95. The van der Waals surface area contributed by atoms with Crippen LogP contribution >= 0.6 is 0 Å². The molecule has 2 heterocycles. The summed E-state index contributed by atoms with van der Waals surface area (Å²) in [6.07, 6.45) is 13.7. The molecule has 0 bridgehead atoms. The van der Waals surface area contributed by atoms with Gasteiger partial charge in [0.2, 0.25) is 0 Å². The lowest BCUT2D eigenvalue weighted by molar-refractivity contribution is 1.01. The van der Waals surface area contributed by atoms with Crippen LogP contribution in [0.4, 0.5) is 11.4 Å². The zero-order chi connectivity index (χ0) is 24.3. The van der Waals surface area contributed by atoms with E-state index >= 15 is 0 Å². The number of fused-ring (bicyclic) bond motifs is 6. The minimum Gasteiger partial charge on any atom is -0.330 e. The number of benzene rings is 4. The molecule has 176 valence electrons. The van der Waals surface area contributed by atoms with Crippen molar-refractivity contribution in [3.05, 3.63) is 139 Å². The molecule has 1 atom stereocenters. The molecule has 2 nitrogen and oxygen atoms in total. The summed E-state index contributed by atoms with van der Waals surface area (Å²) >= 11 is 0. The molecular weight excluding hydrogens is 448 g/mol. The van der Waals surface area contributed by atoms with Gasteiger partial charge in [-0.05, 0) is 66.0 Å². The van der Waals surface area contributed by atoms with Crippen LogP contribution in [0.25, 0.3) is 38.6 Å². The molecule has 4 aromatic carbocycles. The second-order valence-electron chi connectivity index (χ2n) is 10.1. The van der Waals surface area contributed by atoms with Gasteiger partial charge in [-0.15, -0.1) is 0 Å². The van der Waals surface area contributed by atoms with Crippen molar-refractivity contribution in [2.24, 2.45) is 0 Å². The van der Waals surface area contributed by atoms with Crippen LogP contribution in [-0.4, -0.2) is 10.6 Å². The highest BCUT2D eigenvalue weighted by Gasteiger charge is 2.34. The van der Waals surface area contributed by atoms with Crippen molar-refractivity contribution < 1.29 is 0 Å². The third-order valence-corrected chi connectivity index (χ3v) is 8.06. The Morgan fingerprint density at radius 3 is 2.32 bits per heavy atom. The minimum absolute atomic E-state index is 0.279. The van der Waals surface area contributed by atoms with Gasteiger partial charge in [0.1, 0.15) is 0 Å². The first-order valence-electron chi connectivity index (χ1n) is 13.1. The van der Waals surface area contributed by atoms with Gasteiger partial charge in [0, 0.05) is 33.4 Å². The summed E-state index contributed by atoms with van der Waals surface area (Å²) in [5, 5.41) is 2.62. The zero-order valence-corrected chi connectivity index (χ0v) is 20.5. The van der Waals surface area contributed by atoms with Crippen LogP contribution in [0.5, 0.6) is 0 Å². The monoisotopic (exact) mass is 474 g/mol. The Morgan fingerprint density at radius 1 is 0.730 bits per heavy atom. The SMILES string of the molecule is C1=CC2C(=C1)c1ccccc1N2c1cccc(C2=CC(n3c4ccccc4c4ccccc43)=CCC2)c1. The molecule has 8 rings (SSSR count). The van der Waals surface area contributed by atoms with E-state index in [1.807, 2.05) is 0 Å². The highest BCUT2D eigenvalue weighted by atomic mass is 15.2. The second-order valence-corrected chi connectivity index (χ2v) is 10.1. The Labute approximate surface area is 216 Å².